The molecule has 2 heterocycles. The van der Waals surface area contributed by atoms with Gasteiger partial charge < -0.3 is 5.32 Å². The summed E-state index contributed by atoms with van der Waals surface area (Å²) < 4.78 is 1.74. The van der Waals surface area contributed by atoms with Crippen molar-refractivity contribution in [3.05, 3.63) is 20.8 Å². The van der Waals surface area contributed by atoms with Gasteiger partial charge >= 0.3 is 0 Å². The molecule has 0 aliphatic heterocycles. The summed E-state index contributed by atoms with van der Waals surface area (Å²) in [5, 5.41) is 4.26. The number of aryl methyl sites for hydroxylation is 1. The molecule has 2 aliphatic rings. The third kappa shape index (κ3) is 3.31. The maximum Gasteiger partial charge on any atom is 0.263 e. The van der Waals surface area contributed by atoms with E-state index in [9.17, 15) is 9.59 Å². The first-order valence-electron chi connectivity index (χ1n) is 9.50. The molecule has 7 heteroatoms. The lowest BCUT2D eigenvalue weighted by Crippen LogP contribution is -2.33. The minimum absolute atomic E-state index is 0.0359. The smallest absolute Gasteiger partial charge is 0.263 e. The summed E-state index contributed by atoms with van der Waals surface area (Å²) in [4.78, 5) is 32.4. The number of carbonyl (C=O) groups excluding carboxylic acids is 1. The first kappa shape index (κ1) is 18.0. The number of amides is 1. The van der Waals surface area contributed by atoms with Crippen LogP contribution in [0, 0.1) is 5.92 Å². The normalized spacial score (nSPS) is 20.8. The van der Waals surface area contributed by atoms with Crippen molar-refractivity contribution in [3.8, 4) is 0 Å². The zero-order valence-electron chi connectivity index (χ0n) is 15.5. The zero-order chi connectivity index (χ0) is 18.4. The highest BCUT2D eigenvalue weighted by molar-refractivity contribution is 8.00. The average Bonchev–Trinajstić information content (AvgIpc) is 3.33. The van der Waals surface area contributed by atoms with Gasteiger partial charge in [-0.3, -0.25) is 14.2 Å². The number of thioether (sulfide) groups is 1. The van der Waals surface area contributed by atoms with Crippen LogP contribution in [0.25, 0.3) is 10.2 Å². The highest BCUT2D eigenvalue weighted by Gasteiger charge is 2.28. The summed E-state index contributed by atoms with van der Waals surface area (Å²) in [7, 11) is 0. The number of carbonyl (C=O) groups is 1. The average molecular weight is 392 g/mol. The Morgan fingerprint density at radius 2 is 2.19 bits per heavy atom. The molecule has 1 N–H and O–H groups in total. The summed E-state index contributed by atoms with van der Waals surface area (Å²) in [5.41, 5.74) is 1.28. The lowest BCUT2D eigenvalue weighted by Gasteiger charge is -2.18. The van der Waals surface area contributed by atoms with Crippen LogP contribution in [0.5, 0.6) is 0 Å². The van der Waals surface area contributed by atoms with Crippen LogP contribution in [0.2, 0.25) is 0 Å². The van der Waals surface area contributed by atoms with Crippen LogP contribution in [-0.4, -0.2) is 26.8 Å². The van der Waals surface area contributed by atoms with Gasteiger partial charge in [-0.05, 0) is 57.4 Å². The van der Waals surface area contributed by atoms with Crippen molar-refractivity contribution in [1.82, 2.24) is 14.9 Å². The third-order valence-corrected chi connectivity index (χ3v) is 7.51. The lowest BCUT2D eigenvalue weighted by molar-refractivity contribution is -0.120. The maximum absolute atomic E-state index is 13.1. The molecular formula is C19H25N3O2S2. The summed E-state index contributed by atoms with van der Waals surface area (Å²) in [6.07, 6.45) is 5.31. The second-order valence-electron chi connectivity index (χ2n) is 7.52. The molecule has 0 unspecified atom stereocenters. The fourth-order valence-electron chi connectivity index (χ4n) is 3.53. The molecule has 2 aromatic heterocycles. The van der Waals surface area contributed by atoms with E-state index in [2.05, 4.69) is 12.2 Å². The number of rotatable bonds is 5. The third-order valence-electron chi connectivity index (χ3n) is 5.27. The first-order valence-corrected chi connectivity index (χ1v) is 11.2. The molecule has 1 saturated carbocycles. The Kier molecular flexibility index (Phi) is 4.86. The maximum atomic E-state index is 13.1. The predicted molar refractivity (Wildman–Crippen MR) is 107 cm³/mol. The number of aromatic nitrogens is 2. The molecule has 2 aliphatic carbocycles. The van der Waals surface area contributed by atoms with Crippen molar-refractivity contribution in [1.29, 1.82) is 0 Å². The van der Waals surface area contributed by atoms with E-state index in [1.807, 2.05) is 13.8 Å². The van der Waals surface area contributed by atoms with Gasteiger partial charge in [0.25, 0.3) is 5.56 Å². The molecule has 1 amide bonds. The molecule has 0 radical (unpaired) electrons. The Bertz CT molecular complexity index is 914. The van der Waals surface area contributed by atoms with Gasteiger partial charge in [0.15, 0.2) is 5.16 Å². The van der Waals surface area contributed by atoms with Gasteiger partial charge in [0, 0.05) is 17.5 Å². The summed E-state index contributed by atoms with van der Waals surface area (Å²) in [6, 6.07) is 0.348. The van der Waals surface area contributed by atoms with E-state index in [4.69, 9.17) is 4.98 Å². The molecule has 2 atom stereocenters. The van der Waals surface area contributed by atoms with Crippen LogP contribution in [0.3, 0.4) is 0 Å². The molecule has 1 fully saturated rings. The van der Waals surface area contributed by atoms with E-state index in [1.54, 1.807) is 15.9 Å². The monoisotopic (exact) mass is 391 g/mol. The quantitative estimate of drug-likeness (QED) is 0.627. The molecule has 140 valence electrons. The zero-order valence-corrected chi connectivity index (χ0v) is 17.1. The second-order valence-corrected chi connectivity index (χ2v) is 9.91. The molecule has 26 heavy (non-hydrogen) atoms. The van der Waals surface area contributed by atoms with E-state index in [0.717, 1.165) is 42.3 Å². The molecule has 5 nitrogen and oxygen atoms in total. The molecule has 4 rings (SSSR count). The van der Waals surface area contributed by atoms with Crippen molar-refractivity contribution in [2.24, 2.45) is 5.92 Å². The Hall–Kier alpha value is -1.34. The van der Waals surface area contributed by atoms with Crippen molar-refractivity contribution in [2.75, 3.05) is 0 Å². The molecule has 0 saturated heterocycles. The van der Waals surface area contributed by atoms with Gasteiger partial charge in [-0.25, -0.2) is 4.98 Å². The van der Waals surface area contributed by atoms with Gasteiger partial charge in [-0.15, -0.1) is 11.3 Å². The Morgan fingerprint density at radius 1 is 1.42 bits per heavy atom. The van der Waals surface area contributed by atoms with Crippen LogP contribution in [0.4, 0.5) is 0 Å². The Balaban J connectivity index is 1.70. The summed E-state index contributed by atoms with van der Waals surface area (Å²) in [6.45, 7) is 6.70. The number of fused-ring (bicyclic) bond motifs is 3. The Morgan fingerprint density at radius 3 is 2.88 bits per heavy atom. The standard InChI is InChI=1S/C19H25N3O2S2/c1-4-22-18(24)15-13-8-5-10(2)9-14(13)26-17(15)21-19(22)25-11(3)16(23)20-12-6-7-12/h10-12H,4-9H2,1-3H3,(H,20,23)/t10-,11+/m0/s1. The van der Waals surface area contributed by atoms with Crippen LogP contribution < -0.4 is 10.9 Å². The molecule has 2 aromatic rings. The van der Waals surface area contributed by atoms with Gasteiger partial charge in [-0.2, -0.15) is 0 Å². The molecular weight excluding hydrogens is 366 g/mol. The van der Waals surface area contributed by atoms with Crippen molar-refractivity contribution >= 4 is 39.2 Å². The molecule has 0 aromatic carbocycles. The lowest BCUT2D eigenvalue weighted by atomic mass is 9.89. The predicted octanol–water partition coefficient (Wildman–Crippen LogP) is 3.36. The Labute approximate surface area is 161 Å². The van der Waals surface area contributed by atoms with Crippen molar-refractivity contribution < 1.29 is 4.79 Å². The van der Waals surface area contributed by atoms with E-state index in [-0.39, 0.29) is 16.7 Å². The van der Waals surface area contributed by atoms with Crippen LogP contribution in [0.1, 0.15) is 50.5 Å². The largest absolute Gasteiger partial charge is 0.352 e. The highest BCUT2D eigenvalue weighted by Crippen LogP contribution is 2.37. The van der Waals surface area contributed by atoms with E-state index in [0.29, 0.717) is 23.7 Å². The first-order chi connectivity index (χ1) is 12.5. The van der Waals surface area contributed by atoms with Crippen molar-refractivity contribution in [2.45, 2.75) is 75.9 Å². The summed E-state index contributed by atoms with van der Waals surface area (Å²) >= 11 is 3.06. The van der Waals surface area contributed by atoms with E-state index >= 15 is 0 Å². The number of hydrogen-bond donors (Lipinski definition) is 1. The van der Waals surface area contributed by atoms with Crippen LogP contribution >= 0.6 is 23.1 Å². The second kappa shape index (κ2) is 7.00. The number of nitrogens with zero attached hydrogens (tertiary/aromatic N) is 2. The highest BCUT2D eigenvalue weighted by atomic mass is 32.2. The molecule has 0 bridgehead atoms. The van der Waals surface area contributed by atoms with Crippen LogP contribution in [0.15, 0.2) is 9.95 Å². The van der Waals surface area contributed by atoms with Gasteiger partial charge in [0.05, 0.1) is 10.6 Å². The number of nitrogens with one attached hydrogen (secondary N) is 1. The fourth-order valence-corrected chi connectivity index (χ4v) is 5.94. The summed E-state index contributed by atoms with van der Waals surface area (Å²) in [5.74, 6) is 0.706. The number of hydrogen-bond acceptors (Lipinski definition) is 5. The van der Waals surface area contributed by atoms with E-state index < -0.39 is 0 Å². The van der Waals surface area contributed by atoms with Gasteiger partial charge in [0.1, 0.15) is 4.83 Å². The number of thiophene rings is 1. The fraction of sp³-hybridized carbons (Fsp3) is 0.632. The van der Waals surface area contributed by atoms with E-state index in [1.165, 1.54) is 22.2 Å². The molecule has 0 spiro atoms. The SMILES string of the molecule is CCn1c(S[C@H](C)C(=O)NC2CC2)nc2sc3c(c2c1=O)CC[C@H](C)C3. The van der Waals surface area contributed by atoms with Crippen LogP contribution in [-0.2, 0) is 24.2 Å². The van der Waals surface area contributed by atoms with Crippen molar-refractivity contribution in [3.63, 3.8) is 0 Å². The minimum Gasteiger partial charge on any atom is -0.352 e. The minimum atomic E-state index is -0.257. The van der Waals surface area contributed by atoms with Gasteiger partial charge in [-0.1, -0.05) is 18.7 Å². The topological polar surface area (TPSA) is 64.0 Å². The van der Waals surface area contributed by atoms with Gasteiger partial charge in [0.2, 0.25) is 5.91 Å².